The molecule has 0 radical (unpaired) electrons. The van der Waals surface area contributed by atoms with Crippen molar-refractivity contribution < 1.29 is 17.9 Å². The number of carbonyl (C=O) groups is 1. The number of ether oxygens (including phenoxy) is 1. The molecular formula is C4H5ClO4S. The van der Waals surface area contributed by atoms with Gasteiger partial charge in [-0.3, -0.25) is 0 Å². The van der Waals surface area contributed by atoms with Crippen LogP contribution >= 0.6 is 10.7 Å². The van der Waals surface area contributed by atoms with E-state index in [4.69, 9.17) is 10.7 Å². The van der Waals surface area contributed by atoms with Gasteiger partial charge in [-0.1, -0.05) is 0 Å². The third-order valence-corrected chi connectivity index (χ3v) is 1.34. The summed E-state index contributed by atoms with van der Waals surface area (Å²) in [6, 6.07) is 0. The minimum absolute atomic E-state index is 0.556. The largest absolute Gasteiger partial charge is 0.466 e. The molecule has 0 atom stereocenters. The molecule has 58 valence electrons. The van der Waals surface area contributed by atoms with E-state index in [1.165, 1.54) is 0 Å². The highest BCUT2D eigenvalue weighted by Crippen LogP contribution is 1.97. The number of halogens is 1. The summed E-state index contributed by atoms with van der Waals surface area (Å²) in [5, 5.41) is 0.556. The Bertz CT molecular complexity index is 240. The predicted octanol–water partition coefficient (Wildman–Crippen LogP) is 0.242. The van der Waals surface area contributed by atoms with Gasteiger partial charge in [0.15, 0.2) is 0 Å². The van der Waals surface area contributed by atoms with Gasteiger partial charge in [-0.25, -0.2) is 13.2 Å². The van der Waals surface area contributed by atoms with Gasteiger partial charge >= 0.3 is 5.97 Å². The van der Waals surface area contributed by atoms with Gasteiger partial charge in [0.05, 0.1) is 12.5 Å². The first-order valence-corrected chi connectivity index (χ1v) is 4.53. The third-order valence-electron chi connectivity index (χ3n) is 0.568. The molecule has 0 aliphatic rings. The standard InChI is InChI=1S/C4H5ClO4S/c1-9-4(6)2-3-10(5,7)8/h2-3H,1H3. The molecule has 4 nitrogen and oxygen atoms in total. The molecular weight excluding hydrogens is 180 g/mol. The normalized spacial score (nSPS) is 11.8. The lowest BCUT2D eigenvalue weighted by molar-refractivity contribution is -0.134. The summed E-state index contributed by atoms with van der Waals surface area (Å²) in [6.45, 7) is 0. The summed E-state index contributed by atoms with van der Waals surface area (Å²) in [6.07, 6.45) is 0.725. The predicted molar refractivity (Wildman–Crippen MR) is 35.9 cm³/mol. The van der Waals surface area contributed by atoms with E-state index in [0.29, 0.717) is 5.41 Å². The van der Waals surface area contributed by atoms with Gasteiger partial charge in [-0.2, -0.15) is 0 Å². The Morgan fingerprint density at radius 3 is 2.40 bits per heavy atom. The lowest BCUT2D eigenvalue weighted by atomic mass is 10.7. The van der Waals surface area contributed by atoms with E-state index in [1.807, 2.05) is 0 Å². The number of methoxy groups -OCH3 is 1. The first-order chi connectivity index (χ1) is 4.45. The van der Waals surface area contributed by atoms with E-state index in [-0.39, 0.29) is 0 Å². The van der Waals surface area contributed by atoms with Gasteiger partial charge < -0.3 is 4.74 Å². The van der Waals surface area contributed by atoms with E-state index in [1.54, 1.807) is 0 Å². The van der Waals surface area contributed by atoms with Crippen molar-refractivity contribution in [2.75, 3.05) is 7.11 Å². The van der Waals surface area contributed by atoms with E-state index in [9.17, 15) is 13.2 Å². The number of carbonyl (C=O) groups excluding carboxylic acids is 1. The number of rotatable bonds is 2. The molecule has 0 bridgehead atoms. The average molecular weight is 185 g/mol. The van der Waals surface area contributed by atoms with Crippen LogP contribution in [0.15, 0.2) is 11.5 Å². The van der Waals surface area contributed by atoms with Crippen LogP contribution in [0.5, 0.6) is 0 Å². The second-order valence-electron chi connectivity index (χ2n) is 1.30. The van der Waals surface area contributed by atoms with E-state index in [0.717, 1.165) is 13.2 Å². The van der Waals surface area contributed by atoms with Gasteiger partial charge in [0.25, 0.3) is 9.05 Å². The van der Waals surface area contributed by atoms with Crippen molar-refractivity contribution >= 4 is 25.7 Å². The fourth-order valence-electron chi connectivity index (χ4n) is 0.205. The fraction of sp³-hybridized carbons (Fsp3) is 0.250. The summed E-state index contributed by atoms with van der Waals surface area (Å²) in [7, 11) is 2.11. The maximum Gasteiger partial charge on any atom is 0.331 e. The highest BCUT2D eigenvalue weighted by Gasteiger charge is 1.98. The minimum Gasteiger partial charge on any atom is -0.466 e. The van der Waals surface area contributed by atoms with Crippen LogP contribution in [0.2, 0.25) is 0 Å². The van der Waals surface area contributed by atoms with Gasteiger partial charge in [-0.15, -0.1) is 0 Å². The average Bonchev–Trinajstić information content (AvgIpc) is 1.81. The zero-order chi connectivity index (χ0) is 8.20. The van der Waals surface area contributed by atoms with Gasteiger partial charge in [0.1, 0.15) is 0 Å². The SMILES string of the molecule is COC(=O)C=CS(=O)(=O)Cl. The third kappa shape index (κ3) is 5.58. The second kappa shape index (κ2) is 3.58. The molecule has 10 heavy (non-hydrogen) atoms. The Balaban J connectivity index is 4.15. The zero-order valence-electron chi connectivity index (χ0n) is 5.07. The van der Waals surface area contributed by atoms with Crippen LogP contribution in [0, 0.1) is 0 Å². The molecule has 0 aliphatic carbocycles. The first kappa shape index (κ1) is 9.45. The Morgan fingerprint density at radius 1 is 1.60 bits per heavy atom. The topological polar surface area (TPSA) is 60.4 Å². The van der Waals surface area contributed by atoms with Crippen molar-refractivity contribution in [3.05, 3.63) is 11.5 Å². The van der Waals surface area contributed by atoms with E-state index in [2.05, 4.69) is 4.74 Å². The molecule has 0 heterocycles. The Hall–Kier alpha value is -0.550. The maximum atomic E-state index is 10.2. The summed E-state index contributed by atoms with van der Waals surface area (Å²) in [4.78, 5) is 10.2. The van der Waals surface area contributed by atoms with E-state index >= 15 is 0 Å². The molecule has 0 fully saturated rings. The highest BCUT2D eigenvalue weighted by atomic mass is 35.7. The van der Waals surface area contributed by atoms with Gasteiger partial charge in [0.2, 0.25) is 0 Å². The molecule has 0 amide bonds. The monoisotopic (exact) mass is 184 g/mol. The summed E-state index contributed by atoms with van der Waals surface area (Å²) < 4.78 is 24.3. The molecule has 0 saturated heterocycles. The van der Waals surface area contributed by atoms with Crippen molar-refractivity contribution in [2.45, 2.75) is 0 Å². The summed E-state index contributed by atoms with van der Waals surface area (Å²) in [5.74, 6) is -0.760. The number of esters is 1. The van der Waals surface area contributed by atoms with Crippen LogP contribution in [0.3, 0.4) is 0 Å². The van der Waals surface area contributed by atoms with Crippen molar-refractivity contribution in [2.24, 2.45) is 0 Å². The van der Waals surface area contributed by atoms with Crippen molar-refractivity contribution in [1.29, 1.82) is 0 Å². The smallest absolute Gasteiger partial charge is 0.331 e. The molecule has 0 rings (SSSR count). The zero-order valence-corrected chi connectivity index (χ0v) is 6.65. The first-order valence-electron chi connectivity index (χ1n) is 2.16. The Kier molecular flexibility index (Phi) is 3.38. The summed E-state index contributed by atoms with van der Waals surface area (Å²) in [5.41, 5.74) is 0. The second-order valence-corrected chi connectivity index (χ2v) is 3.82. The van der Waals surface area contributed by atoms with Gasteiger partial charge in [-0.05, 0) is 0 Å². The lowest BCUT2D eigenvalue weighted by Gasteiger charge is -1.86. The lowest BCUT2D eigenvalue weighted by Crippen LogP contribution is -1.94. The fourth-order valence-corrected chi connectivity index (χ4v) is 0.633. The molecule has 0 aromatic carbocycles. The maximum absolute atomic E-state index is 10.2. The van der Waals surface area contributed by atoms with Crippen LogP contribution < -0.4 is 0 Å². The highest BCUT2D eigenvalue weighted by molar-refractivity contribution is 8.16. The van der Waals surface area contributed by atoms with Crippen molar-refractivity contribution in [1.82, 2.24) is 0 Å². The molecule has 0 spiro atoms. The van der Waals surface area contributed by atoms with Crippen LogP contribution in [0.1, 0.15) is 0 Å². The van der Waals surface area contributed by atoms with Crippen molar-refractivity contribution in [3.63, 3.8) is 0 Å². The number of hydrogen-bond acceptors (Lipinski definition) is 4. The quantitative estimate of drug-likeness (QED) is 0.351. The molecule has 0 aromatic rings. The molecule has 0 N–H and O–H groups in total. The molecule has 6 heteroatoms. The van der Waals surface area contributed by atoms with Crippen LogP contribution in [-0.4, -0.2) is 21.5 Å². The molecule has 0 saturated carbocycles. The molecule has 0 unspecified atom stereocenters. The molecule has 0 aromatic heterocycles. The van der Waals surface area contributed by atoms with Crippen molar-refractivity contribution in [3.8, 4) is 0 Å². The Labute approximate surface area is 62.9 Å². The van der Waals surface area contributed by atoms with Gasteiger partial charge in [0, 0.05) is 16.8 Å². The van der Waals surface area contributed by atoms with E-state index < -0.39 is 15.0 Å². The number of hydrogen-bond donors (Lipinski definition) is 0. The van der Waals surface area contributed by atoms with Crippen LogP contribution in [0.4, 0.5) is 0 Å². The minimum atomic E-state index is -3.74. The Morgan fingerprint density at radius 2 is 2.10 bits per heavy atom. The van der Waals surface area contributed by atoms with Crippen LogP contribution in [0.25, 0.3) is 0 Å². The summed E-state index contributed by atoms with van der Waals surface area (Å²) >= 11 is 0. The van der Waals surface area contributed by atoms with Crippen LogP contribution in [-0.2, 0) is 18.6 Å². The molecule has 0 aliphatic heterocycles.